The highest BCUT2D eigenvalue weighted by atomic mass is 14.7. The van der Waals surface area contributed by atoms with E-state index in [2.05, 4.69) is 11.1 Å². The van der Waals surface area contributed by atoms with E-state index in [9.17, 15) is 0 Å². The first-order valence-electron chi connectivity index (χ1n) is 3.17. The molecule has 0 radical (unpaired) electrons. The third kappa shape index (κ3) is 0.507. The molecule has 1 aliphatic heterocycles. The molecule has 1 aliphatic carbocycles. The lowest BCUT2D eigenvalue weighted by atomic mass is 10.1. The fourth-order valence-corrected chi connectivity index (χ4v) is 1.41. The molecule has 42 valence electrons. The first kappa shape index (κ1) is 4.30. The molecule has 2 bridgehead atoms. The maximum absolute atomic E-state index is 4.23. The van der Waals surface area contributed by atoms with Gasteiger partial charge in [0.1, 0.15) is 0 Å². The summed E-state index contributed by atoms with van der Waals surface area (Å²) in [5.74, 6) is 0.850. The second kappa shape index (κ2) is 1.44. The van der Waals surface area contributed by atoms with Gasteiger partial charge in [0.2, 0.25) is 0 Å². The zero-order valence-electron chi connectivity index (χ0n) is 4.80. The van der Waals surface area contributed by atoms with E-state index in [-0.39, 0.29) is 0 Å². The molecule has 2 rings (SSSR count). The molecule has 0 aromatic rings. The molecule has 0 aromatic heterocycles. The first-order chi connectivity index (χ1) is 3.95. The normalized spacial score (nSPS) is 33.0. The van der Waals surface area contributed by atoms with Crippen molar-refractivity contribution in [2.75, 3.05) is 0 Å². The summed E-state index contributed by atoms with van der Waals surface area (Å²) in [7, 11) is 0. The number of aliphatic imine (C=N–C) groups is 1. The van der Waals surface area contributed by atoms with E-state index in [4.69, 9.17) is 0 Å². The molecule has 2 aliphatic rings. The van der Waals surface area contributed by atoms with Crippen LogP contribution in [0, 0.1) is 5.92 Å². The Morgan fingerprint density at radius 3 is 3.38 bits per heavy atom. The van der Waals surface area contributed by atoms with Gasteiger partial charge >= 0.3 is 0 Å². The lowest BCUT2D eigenvalue weighted by molar-refractivity contribution is 0.693. The fourth-order valence-electron chi connectivity index (χ4n) is 1.41. The van der Waals surface area contributed by atoms with Gasteiger partial charge in [0.05, 0.1) is 0 Å². The van der Waals surface area contributed by atoms with Gasteiger partial charge in [-0.2, -0.15) is 0 Å². The molecule has 1 saturated carbocycles. The summed E-state index contributed by atoms with van der Waals surface area (Å²) in [5, 5.41) is 0. The van der Waals surface area contributed by atoms with Crippen LogP contribution in [0.15, 0.2) is 17.3 Å². The molecule has 1 heteroatoms. The molecular weight excluding hydrogens is 98.1 g/mol. The van der Waals surface area contributed by atoms with Gasteiger partial charge in [0.15, 0.2) is 0 Å². The van der Waals surface area contributed by atoms with Crippen molar-refractivity contribution < 1.29 is 0 Å². The van der Waals surface area contributed by atoms with Crippen molar-refractivity contribution in [1.29, 1.82) is 0 Å². The number of fused-ring (bicyclic) bond motifs is 2. The highest BCUT2D eigenvalue weighted by molar-refractivity contribution is 5.88. The number of hydrogen-bond acceptors (Lipinski definition) is 1. The molecule has 0 spiro atoms. The number of hydrogen-bond donors (Lipinski definition) is 0. The van der Waals surface area contributed by atoms with Crippen LogP contribution in [0.2, 0.25) is 0 Å². The Kier molecular flexibility index (Phi) is 0.775. The Hall–Kier alpha value is -0.590. The molecule has 1 heterocycles. The van der Waals surface area contributed by atoms with Crippen LogP contribution in [0.1, 0.15) is 19.3 Å². The van der Waals surface area contributed by atoms with Crippen LogP contribution in [0.3, 0.4) is 0 Å². The Bertz CT molecular complexity index is 156. The summed E-state index contributed by atoms with van der Waals surface area (Å²) in [6.45, 7) is 0. The van der Waals surface area contributed by atoms with Gasteiger partial charge in [-0.15, -0.1) is 0 Å². The molecule has 1 atom stereocenters. The third-order valence-electron chi connectivity index (χ3n) is 1.92. The van der Waals surface area contributed by atoms with Gasteiger partial charge in [-0.25, -0.2) is 0 Å². The Balaban J connectivity index is 2.34. The zero-order valence-corrected chi connectivity index (χ0v) is 4.80. The van der Waals surface area contributed by atoms with Gasteiger partial charge in [-0.1, -0.05) is 6.08 Å². The zero-order chi connectivity index (χ0) is 5.40. The fraction of sp³-hybridized carbons (Fsp3) is 0.571. The van der Waals surface area contributed by atoms with Crippen molar-refractivity contribution in [3.8, 4) is 0 Å². The quantitative estimate of drug-likeness (QED) is 0.447. The van der Waals surface area contributed by atoms with Crippen molar-refractivity contribution in [1.82, 2.24) is 0 Å². The number of nitrogens with zero attached hydrogens (tertiary/aromatic N) is 1. The van der Waals surface area contributed by atoms with E-state index in [1.165, 1.54) is 25.0 Å². The summed E-state index contributed by atoms with van der Waals surface area (Å²) in [5.41, 5.74) is 1.41. The summed E-state index contributed by atoms with van der Waals surface area (Å²) in [6, 6.07) is 0. The van der Waals surface area contributed by atoms with Crippen LogP contribution in [0.5, 0.6) is 0 Å². The van der Waals surface area contributed by atoms with Crippen LogP contribution in [-0.2, 0) is 0 Å². The Labute approximate surface area is 49.1 Å². The minimum Gasteiger partial charge on any atom is -0.266 e. The Morgan fingerprint density at radius 1 is 1.62 bits per heavy atom. The van der Waals surface area contributed by atoms with Crippen molar-refractivity contribution in [3.63, 3.8) is 0 Å². The van der Waals surface area contributed by atoms with E-state index in [0.29, 0.717) is 0 Å². The molecule has 1 fully saturated rings. The Morgan fingerprint density at radius 2 is 2.62 bits per heavy atom. The number of allylic oxidation sites excluding steroid dienone is 1. The van der Waals surface area contributed by atoms with Crippen LogP contribution < -0.4 is 0 Å². The van der Waals surface area contributed by atoms with E-state index < -0.39 is 0 Å². The minimum absolute atomic E-state index is 0.850. The van der Waals surface area contributed by atoms with Crippen molar-refractivity contribution in [2.45, 2.75) is 19.3 Å². The molecule has 8 heavy (non-hydrogen) atoms. The highest BCUT2D eigenvalue weighted by Gasteiger charge is 2.19. The standard InChI is InChI=1S/C7H9N/c1-2-7-5-6(1)3-4-8-7/h3-4,6H,1-2,5H2. The van der Waals surface area contributed by atoms with E-state index in [1.807, 2.05) is 6.20 Å². The van der Waals surface area contributed by atoms with Crippen molar-refractivity contribution in [2.24, 2.45) is 10.9 Å². The molecule has 0 amide bonds. The van der Waals surface area contributed by atoms with Crippen LogP contribution >= 0.6 is 0 Å². The highest BCUT2D eigenvalue weighted by Crippen LogP contribution is 2.27. The molecule has 0 saturated heterocycles. The van der Waals surface area contributed by atoms with Crippen LogP contribution in [-0.4, -0.2) is 5.71 Å². The number of rotatable bonds is 0. The van der Waals surface area contributed by atoms with Gasteiger partial charge in [-0.3, -0.25) is 4.99 Å². The van der Waals surface area contributed by atoms with Gasteiger partial charge in [-0.05, 0) is 25.2 Å². The average Bonchev–Trinajstić information content (AvgIpc) is 2.12. The third-order valence-corrected chi connectivity index (χ3v) is 1.92. The average molecular weight is 107 g/mol. The van der Waals surface area contributed by atoms with Crippen LogP contribution in [0.4, 0.5) is 0 Å². The monoisotopic (exact) mass is 107 g/mol. The van der Waals surface area contributed by atoms with Crippen LogP contribution in [0.25, 0.3) is 0 Å². The van der Waals surface area contributed by atoms with E-state index in [0.717, 1.165) is 5.92 Å². The van der Waals surface area contributed by atoms with Gasteiger partial charge in [0.25, 0.3) is 0 Å². The lowest BCUT2D eigenvalue weighted by Crippen LogP contribution is -1.94. The summed E-state index contributed by atoms with van der Waals surface area (Å²) in [4.78, 5) is 4.23. The smallest absolute Gasteiger partial charge is 0.0230 e. The van der Waals surface area contributed by atoms with Crippen molar-refractivity contribution in [3.05, 3.63) is 12.3 Å². The first-order valence-corrected chi connectivity index (χ1v) is 3.17. The van der Waals surface area contributed by atoms with E-state index >= 15 is 0 Å². The predicted octanol–water partition coefficient (Wildman–Crippen LogP) is 1.75. The van der Waals surface area contributed by atoms with Gasteiger partial charge in [0, 0.05) is 11.9 Å². The topological polar surface area (TPSA) is 12.4 Å². The summed E-state index contributed by atoms with van der Waals surface area (Å²) < 4.78 is 0. The molecular formula is C7H9N. The minimum atomic E-state index is 0.850. The van der Waals surface area contributed by atoms with Gasteiger partial charge < -0.3 is 0 Å². The molecule has 0 aromatic carbocycles. The second-order valence-electron chi connectivity index (χ2n) is 2.54. The van der Waals surface area contributed by atoms with E-state index in [1.54, 1.807) is 0 Å². The second-order valence-corrected chi connectivity index (χ2v) is 2.54. The summed E-state index contributed by atoms with van der Waals surface area (Å²) in [6.07, 6.45) is 8.01. The maximum atomic E-state index is 4.23. The molecule has 1 unspecified atom stereocenters. The largest absolute Gasteiger partial charge is 0.266 e. The molecule has 1 nitrogen and oxygen atoms in total. The van der Waals surface area contributed by atoms with Crippen molar-refractivity contribution >= 4 is 5.71 Å². The summed E-state index contributed by atoms with van der Waals surface area (Å²) >= 11 is 0. The maximum Gasteiger partial charge on any atom is 0.0230 e. The lowest BCUT2D eigenvalue weighted by Gasteiger charge is -2.01. The SMILES string of the molecule is C1=CC2CCC(=N1)C2. The predicted molar refractivity (Wildman–Crippen MR) is 33.9 cm³/mol. The molecule has 0 N–H and O–H groups in total.